The first-order valence-corrected chi connectivity index (χ1v) is 12.9. The highest BCUT2D eigenvalue weighted by atomic mass is 35.5. The topological polar surface area (TPSA) is 84.5 Å². The maximum Gasteiger partial charge on any atom is 0.416 e. The molecule has 1 saturated carbocycles. The number of aromatic nitrogens is 1. The molecule has 11 heteroatoms. The maximum absolute atomic E-state index is 13.1. The fourth-order valence-electron chi connectivity index (χ4n) is 4.10. The van der Waals surface area contributed by atoms with Crippen molar-refractivity contribution in [1.82, 2.24) is 15.6 Å². The molecule has 0 radical (unpaired) electrons. The highest BCUT2D eigenvalue weighted by Gasteiger charge is 2.51. The molecule has 0 bridgehead atoms. The molecular weight excluding hydrogens is 533 g/mol. The molecule has 4 rings (SSSR count). The summed E-state index contributed by atoms with van der Waals surface area (Å²) in [5, 5.41) is 9.72. The van der Waals surface area contributed by atoms with Gasteiger partial charge in [0.05, 0.1) is 17.6 Å². The zero-order chi connectivity index (χ0) is 27.9. The second kappa shape index (κ2) is 12.2. The molecule has 2 aromatic carbocycles. The van der Waals surface area contributed by atoms with E-state index in [1.54, 1.807) is 25.3 Å². The number of rotatable bonds is 13. The van der Waals surface area contributed by atoms with E-state index in [-0.39, 0.29) is 31.4 Å². The summed E-state index contributed by atoms with van der Waals surface area (Å²) in [6, 6.07) is 17.1. The van der Waals surface area contributed by atoms with Gasteiger partial charge >= 0.3 is 6.18 Å². The Balaban J connectivity index is 1.35. The second-order valence-electron chi connectivity index (χ2n) is 9.46. The summed E-state index contributed by atoms with van der Waals surface area (Å²) in [4.78, 5) is 17.2. The minimum atomic E-state index is -4.45. The third kappa shape index (κ3) is 7.84. The summed E-state index contributed by atoms with van der Waals surface area (Å²) in [5.41, 5.74) is -0.438. The largest absolute Gasteiger partial charge is 0.463 e. The van der Waals surface area contributed by atoms with Crippen molar-refractivity contribution in [3.8, 4) is 5.75 Å². The number of anilines is 1. The normalized spacial score (nSPS) is 15.7. The molecular formula is C28H30ClF3N4O3. The van der Waals surface area contributed by atoms with E-state index in [1.807, 2.05) is 30.3 Å². The lowest BCUT2D eigenvalue weighted by Crippen LogP contribution is -2.44. The fraction of sp³-hybridized carbons (Fsp3) is 0.357. The van der Waals surface area contributed by atoms with E-state index in [4.69, 9.17) is 21.1 Å². The van der Waals surface area contributed by atoms with Gasteiger partial charge in [-0.3, -0.25) is 10.1 Å². The standard InChI is InChI=1S/C28H30ClF3N4O3/c1-26(38-19-33-18-36-24-4-2-3-16-34-24,39-23-11-7-21(8-12-23)28(30,31)32)15-17-35-25(37)27(13-14-27)20-5-9-22(29)10-6-20/h2-12,16,33H,13-15,17-19H2,1H3,(H,34,36)(H,35,37). The van der Waals surface area contributed by atoms with Crippen LogP contribution in [0.1, 0.15) is 37.3 Å². The number of benzene rings is 2. The van der Waals surface area contributed by atoms with Crippen LogP contribution < -0.4 is 20.7 Å². The average Bonchev–Trinajstić information content (AvgIpc) is 3.71. The highest BCUT2D eigenvalue weighted by Crippen LogP contribution is 2.48. The first-order valence-electron chi connectivity index (χ1n) is 12.5. The van der Waals surface area contributed by atoms with Crippen LogP contribution in [0.15, 0.2) is 72.9 Å². The van der Waals surface area contributed by atoms with Crippen LogP contribution in [0.5, 0.6) is 5.75 Å². The van der Waals surface area contributed by atoms with Crippen molar-refractivity contribution in [2.45, 2.75) is 43.6 Å². The van der Waals surface area contributed by atoms with Crippen LogP contribution in [0.25, 0.3) is 0 Å². The van der Waals surface area contributed by atoms with Crippen molar-refractivity contribution < 1.29 is 27.4 Å². The summed E-state index contributed by atoms with van der Waals surface area (Å²) >= 11 is 5.99. The van der Waals surface area contributed by atoms with Crippen LogP contribution in [0, 0.1) is 0 Å². The van der Waals surface area contributed by atoms with Gasteiger partial charge in [-0.25, -0.2) is 4.98 Å². The SMILES string of the molecule is CC(CCNC(=O)C1(c2ccc(Cl)cc2)CC1)(OCNCNc1ccccn1)Oc1ccc(C(F)(F)F)cc1. The van der Waals surface area contributed by atoms with Gasteiger partial charge in [-0.1, -0.05) is 29.8 Å². The Hall–Kier alpha value is -3.34. The average molecular weight is 563 g/mol. The van der Waals surface area contributed by atoms with Gasteiger partial charge in [-0.05, 0) is 66.9 Å². The smallest absolute Gasteiger partial charge is 0.416 e. The molecule has 1 aliphatic carbocycles. The zero-order valence-electron chi connectivity index (χ0n) is 21.4. The van der Waals surface area contributed by atoms with Crippen molar-refractivity contribution >= 4 is 23.3 Å². The third-order valence-corrected chi connectivity index (χ3v) is 6.75. The van der Waals surface area contributed by atoms with Gasteiger partial charge in [-0.15, -0.1) is 0 Å². The summed E-state index contributed by atoms with van der Waals surface area (Å²) in [5.74, 6) is -0.448. The Morgan fingerprint density at radius 3 is 2.38 bits per heavy atom. The predicted molar refractivity (Wildman–Crippen MR) is 142 cm³/mol. The van der Waals surface area contributed by atoms with Crippen molar-refractivity contribution in [1.29, 1.82) is 0 Å². The first-order chi connectivity index (χ1) is 18.6. The lowest BCUT2D eigenvalue weighted by atomic mass is 9.95. The molecule has 0 aliphatic heterocycles. The molecule has 7 nitrogen and oxygen atoms in total. The van der Waals surface area contributed by atoms with Crippen molar-refractivity contribution in [2.24, 2.45) is 0 Å². The number of hydrogen-bond donors (Lipinski definition) is 3. The number of carbonyl (C=O) groups is 1. The Kier molecular flexibility index (Phi) is 8.99. The van der Waals surface area contributed by atoms with E-state index in [0.717, 1.165) is 30.5 Å². The molecule has 1 fully saturated rings. The van der Waals surface area contributed by atoms with Crippen LogP contribution in [-0.2, 0) is 21.1 Å². The zero-order valence-corrected chi connectivity index (χ0v) is 22.1. The number of pyridine rings is 1. The number of alkyl halides is 3. The van der Waals surface area contributed by atoms with E-state index in [9.17, 15) is 18.0 Å². The quantitative estimate of drug-likeness (QED) is 0.182. The minimum absolute atomic E-state index is 0.0691. The Morgan fingerprint density at radius 1 is 1.05 bits per heavy atom. The highest BCUT2D eigenvalue weighted by molar-refractivity contribution is 6.30. The van der Waals surface area contributed by atoms with Gasteiger partial charge in [0, 0.05) is 31.1 Å². The monoisotopic (exact) mass is 562 g/mol. The summed E-state index contributed by atoms with van der Waals surface area (Å²) < 4.78 is 50.9. The first kappa shape index (κ1) is 28.7. The maximum atomic E-state index is 13.1. The minimum Gasteiger partial charge on any atom is -0.463 e. The van der Waals surface area contributed by atoms with E-state index >= 15 is 0 Å². The molecule has 208 valence electrons. The summed E-state index contributed by atoms with van der Waals surface area (Å²) in [7, 11) is 0. The molecule has 1 amide bonds. The number of nitrogens with one attached hydrogen (secondary N) is 3. The Labute approximate surface area is 230 Å². The van der Waals surface area contributed by atoms with E-state index in [0.29, 0.717) is 17.5 Å². The molecule has 1 aromatic heterocycles. The molecule has 1 aliphatic rings. The molecule has 0 saturated heterocycles. The lowest BCUT2D eigenvalue weighted by Gasteiger charge is -2.31. The van der Waals surface area contributed by atoms with Crippen LogP contribution in [0.2, 0.25) is 5.02 Å². The van der Waals surface area contributed by atoms with Crippen LogP contribution in [0.3, 0.4) is 0 Å². The molecule has 3 aromatic rings. The summed E-state index contributed by atoms with van der Waals surface area (Å²) in [6.07, 6.45) is -1.06. The Morgan fingerprint density at radius 2 is 1.77 bits per heavy atom. The number of halogens is 4. The van der Waals surface area contributed by atoms with Crippen LogP contribution in [0.4, 0.5) is 19.0 Å². The van der Waals surface area contributed by atoms with E-state index < -0.39 is 22.9 Å². The summed E-state index contributed by atoms with van der Waals surface area (Å²) in [6.45, 7) is 2.33. The van der Waals surface area contributed by atoms with Crippen molar-refractivity contribution in [3.63, 3.8) is 0 Å². The van der Waals surface area contributed by atoms with Gasteiger partial charge in [0.15, 0.2) is 0 Å². The van der Waals surface area contributed by atoms with Crippen molar-refractivity contribution in [2.75, 3.05) is 25.3 Å². The van der Waals surface area contributed by atoms with E-state index in [2.05, 4.69) is 20.9 Å². The molecule has 0 spiro atoms. The van der Waals surface area contributed by atoms with E-state index in [1.165, 1.54) is 12.1 Å². The third-order valence-electron chi connectivity index (χ3n) is 6.50. The molecule has 3 N–H and O–H groups in total. The second-order valence-corrected chi connectivity index (χ2v) is 9.90. The predicted octanol–water partition coefficient (Wildman–Crippen LogP) is 5.72. The van der Waals surface area contributed by atoms with Crippen LogP contribution in [-0.4, -0.2) is 36.6 Å². The number of carbonyl (C=O) groups excluding carboxylic acids is 1. The molecule has 1 atom stereocenters. The van der Waals surface area contributed by atoms with Gasteiger partial charge in [0.2, 0.25) is 11.7 Å². The fourth-order valence-corrected chi connectivity index (χ4v) is 4.23. The van der Waals surface area contributed by atoms with Crippen molar-refractivity contribution in [3.05, 3.63) is 89.1 Å². The number of amides is 1. The van der Waals surface area contributed by atoms with Gasteiger partial charge in [0.25, 0.3) is 0 Å². The molecule has 1 unspecified atom stereocenters. The number of ether oxygens (including phenoxy) is 2. The van der Waals surface area contributed by atoms with Crippen LogP contribution >= 0.6 is 11.6 Å². The van der Waals surface area contributed by atoms with Gasteiger partial charge in [-0.2, -0.15) is 13.2 Å². The number of hydrogen-bond acceptors (Lipinski definition) is 6. The lowest BCUT2D eigenvalue weighted by molar-refractivity contribution is -0.178. The number of nitrogens with zero attached hydrogens (tertiary/aromatic N) is 1. The molecule has 39 heavy (non-hydrogen) atoms. The van der Waals surface area contributed by atoms with Gasteiger partial charge < -0.3 is 20.1 Å². The Bertz CT molecular complexity index is 1220. The van der Waals surface area contributed by atoms with Gasteiger partial charge in [0.1, 0.15) is 18.3 Å². The molecule has 1 heterocycles.